The first kappa shape index (κ1) is 19.9. The molecule has 1 saturated heterocycles. The van der Waals surface area contributed by atoms with Gasteiger partial charge in [0.15, 0.2) is 0 Å². The summed E-state index contributed by atoms with van der Waals surface area (Å²) >= 11 is 0. The lowest BCUT2D eigenvalue weighted by Crippen LogP contribution is -2.40. The number of rotatable bonds is 5. The average molecular weight is 381 g/mol. The molecule has 148 valence electrons. The quantitative estimate of drug-likeness (QED) is 0.865. The van der Waals surface area contributed by atoms with Crippen LogP contribution in [0.15, 0.2) is 53.5 Å². The van der Waals surface area contributed by atoms with Crippen molar-refractivity contribution in [2.75, 3.05) is 13.1 Å². The first-order valence-corrected chi connectivity index (χ1v) is 9.74. The Morgan fingerprint density at radius 3 is 2.43 bits per heavy atom. The van der Waals surface area contributed by atoms with Gasteiger partial charge in [-0.25, -0.2) is 0 Å². The van der Waals surface area contributed by atoms with Crippen molar-refractivity contribution in [3.8, 4) is 0 Å². The van der Waals surface area contributed by atoms with E-state index in [-0.39, 0.29) is 29.3 Å². The van der Waals surface area contributed by atoms with Crippen LogP contribution in [-0.2, 0) is 11.8 Å². The summed E-state index contributed by atoms with van der Waals surface area (Å²) < 4.78 is 1.41. The van der Waals surface area contributed by atoms with Crippen LogP contribution in [0.5, 0.6) is 0 Å². The van der Waals surface area contributed by atoms with E-state index >= 15 is 0 Å². The molecule has 1 N–H and O–H groups in total. The number of carbonyl (C=O) groups is 2. The van der Waals surface area contributed by atoms with Gasteiger partial charge in [0.1, 0.15) is 0 Å². The molecule has 6 nitrogen and oxygen atoms in total. The van der Waals surface area contributed by atoms with Crippen LogP contribution in [0, 0.1) is 5.92 Å². The van der Waals surface area contributed by atoms with Crippen molar-refractivity contribution < 1.29 is 9.59 Å². The third-order valence-corrected chi connectivity index (χ3v) is 5.39. The fourth-order valence-corrected chi connectivity index (χ4v) is 3.63. The van der Waals surface area contributed by atoms with Gasteiger partial charge in [0, 0.05) is 38.8 Å². The molecule has 0 radical (unpaired) electrons. The Hall–Kier alpha value is -2.89. The first-order valence-electron chi connectivity index (χ1n) is 9.74. The van der Waals surface area contributed by atoms with Crippen molar-refractivity contribution in [1.29, 1.82) is 0 Å². The molecule has 28 heavy (non-hydrogen) atoms. The number of pyridine rings is 1. The largest absolute Gasteiger partial charge is 0.350 e. The minimum Gasteiger partial charge on any atom is -0.350 e. The number of nitrogens with one attached hydrogen (secondary N) is 1. The number of aromatic nitrogens is 1. The Morgan fingerprint density at radius 2 is 1.79 bits per heavy atom. The van der Waals surface area contributed by atoms with Crippen LogP contribution < -0.4 is 10.9 Å². The lowest BCUT2D eigenvalue weighted by Gasteiger charge is -2.32. The highest BCUT2D eigenvalue weighted by Gasteiger charge is 2.25. The molecule has 0 bridgehead atoms. The molecule has 0 aliphatic carbocycles. The van der Waals surface area contributed by atoms with Gasteiger partial charge in [-0.2, -0.15) is 0 Å². The van der Waals surface area contributed by atoms with Crippen LogP contribution >= 0.6 is 0 Å². The van der Waals surface area contributed by atoms with Gasteiger partial charge in [-0.1, -0.05) is 30.3 Å². The Bertz CT molecular complexity index is 883. The zero-order valence-electron chi connectivity index (χ0n) is 16.4. The summed E-state index contributed by atoms with van der Waals surface area (Å²) in [4.78, 5) is 38.3. The van der Waals surface area contributed by atoms with Crippen molar-refractivity contribution >= 4 is 11.8 Å². The lowest BCUT2D eigenvalue weighted by molar-refractivity contribution is -0.122. The van der Waals surface area contributed by atoms with Crippen molar-refractivity contribution in [3.05, 3.63) is 70.1 Å². The summed E-state index contributed by atoms with van der Waals surface area (Å²) in [6.45, 7) is 3.25. The minimum absolute atomic E-state index is 0.0138. The molecule has 2 amide bonds. The molecule has 1 aromatic carbocycles. The van der Waals surface area contributed by atoms with E-state index in [4.69, 9.17) is 0 Å². The topological polar surface area (TPSA) is 71.4 Å². The molecule has 0 saturated carbocycles. The van der Waals surface area contributed by atoms with E-state index < -0.39 is 0 Å². The molecule has 6 heteroatoms. The van der Waals surface area contributed by atoms with Gasteiger partial charge >= 0.3 is 0 Å². The van der Waals surface area contributed by atoms with Gasteiger partial charge in [-0.3, -0.25) is 14.4 Å². The van der Waals surface area contributed by atoms with Crippen LogP contribution in [0.4, 0.5) is 0 Å². The Kier molecular flexibility index (Phi) is 6.29. The molecule has 2 aromatic rings. The average Bonchev–Trinajstić information content (AvgIpc) is 2.70. The summed E-state index contributed by atoms with van der Waals surface area (Å²) in [6, 6.07) is 12.9. The summed E-state index contributed by atoms with van der Waals surface area (Å²) in [5, 5.41) is 3.06. The van der Waals surface area contributed by atoms with Gasteiger partial charge < -0.3 is 14.8 Å². The molecule has 2 heterocycles. The Labute approximate surface area is 165 Å². The highest BCUT2D eigenvalue weighted by atomic mass is 16.2. The number of benzene rings is 1. The second kappa shape index (κ2) is 8.87. The smallest absolute Gasteiger partial charge is 0.255 e. The van der Waals surface area contributed by atoms with Crippen LogP contribution in [0.3, 0.4) is 0 Å². The Morgan fingerprint density at radius 1 is 1.11 bits per heavy atom. The number of nitrogens with zero attached hydrogens (tertiary/aromatic N) is 2. The van der Waals surface area contributed by atoms with Gasteiger partial charge in [0.25, 0.3) is 5.91 Å². The van der Waals surface area contributed by atoms with Crippen molar-refractivity contribution in [1.82, 2.24) is 14.8 Å². The lowest BCUT2D eigenvalue weighted by atomic mass is 9.92. The number of piperidine rings is 1. The Balaban J connectivity index is 1.48. The fraction of sp³-hybridized carbons (Fsp3) is 0.409. The number of hydrogen-bond donors (Lipinski definition) is 1. The second-order valence-electron chi connectivity index (χ2n) is 7.51. The summed E-state index contributed by atoms with van der Waals surface area (Å²) in [7, 11) is 1.64. The minimum atomic E-state index is -0.133. The van der Waals surface area contributed by atoms with E-state index in [1.165, 1.54) is 10.6 Å². The normalized spacial score (nSPS) is 15.9. The van der Waals surface area contributed by atoms with Gasteiger partial charge in [0.05, 0.1) is 11.6 Å². The van der Waals surface area contributed by atoms with Gasteiger partial charge in [-0.05, 0) is 37.3 Å². The zero-order chi connectivity index (χ0) is 20.1. The molecule has 1 atom stereocenters. The molecule has 3 rings (SSSR count). The number of likely N-dealkylation sites (tertiary alicyclic amines) is 1. The van der Waals surface area contributed by atoms with E-state index in [0.717, 1.165) is 18.4 Å². The summed E-state index contributed by atoms with van der Waals surface area (Å²) in [5.74, 6) is 0.280. The maximum absolute atomic E-state index is 12.6. The first-order chi connectivity index (χ1) is 13.4. The van der Waals surface area contributed by atoms with Crippen molar-refractivity contribution in [3.63, 3.8) is 0 Å². The van der Waals surface area contributed by atoms with E-state index in [0.29, 0.717) is 25.1 Å². The van der Waals surface area contributed by atoms with Crippen molar-refractivity contribution in [2.24, 2.45) is 13.0 Å². The van der Waals surface area contributed by atoms with Crippen LogP contribution in [0.2, 0.25) is 0 Å². The monoisotopic (exact) mass is 381 g/mol. The van der Waals surface area contributed by atoms with Crippen molar-refractivity contribution in [2.45, 2.75) is 32.2 Å². The standard InChI is InChI=1S/C22H27N3O3/c1-16(18-6-4-3-5-7-18)23-20(26)14-17-10-12-25(13-11-17)22(28)19-8-9-21(27)24(2)15-19/h3-9,15-17H,10-14H2,1-2H3,(H,23,26)/t16-/m0/s1. The van der Waals surface area contributed by atoms with Gasteiger partial charge in [0.2, 0.25) is 11.5 Å². The molecule has 1 fully saturated rings. The molecule has 1 aliphatic heterocycles. The fourth-order valence-electron chi connectivity index (χ4n) is 3.63. The second-order valence-corrected chi connectivity index (χ2v) is 7.51. The molecule has 0 unspecified atom stereocenters. The summed E-state index contributed by atoms with van der Waals surface area (Å²) in [6.07, 6.45) is 3.68. The highest BCUT2D eigenvalue weighted by molar-refractivity contribution is 5.94. The zero-order valence-corrected chi connectivity index (χ0v) is 16.4. The van der Waals surface area contributed by atoms with Crippen LogP contribution in [0.1, 0.15) is 48.1 Å². The molecular weight excluding hydrogens is 354 g/mol. The number of carbonyl (C=O) groups excluding carboxylic acids is 2. The van der Waals surface area contributed by atoms with Gasteiger partial charge in [-0.15, -0.1) is 0 Å². The van der Waals surface area contributed by atoms with Crippen LogP contribution in [0.25, 0.3) is 0 Å². The molecule has 1 aliphatic rings. The predicted molar refractivity (Wildman–Crippen MR) is 108 cm³/mol. The molecule has 1 aromatic heterocycles. The maximum Gasteiger partial charge on any atom is 0.255 e. The van der Waals surface area contributed by atoms with E-state index in [2.05, 4.69) is 5.32 Å². The SMILES string of the molecule is C[C@H](NC(=O)CC1CCN(C(=O)c2ccc(=O)n(C)c2)CC1)c1ccccc1. The van der Waals surface area contributed by atoms with Crippen LogP contribution in [-0.4, -0.2) is 34.4 Å². The predicted octanol–water partition coefficient (Wildman–Crippen LogP) is 2.51. The molecular formula is C22H27N3O3. The third kappa shape index (κ3) is 4.88. The van der Waals surface area contributed by atoms with E-state index in [1.807, 2.05) is 37.3 Å². The summed E-state index contributed by atoms with van der Waals surface area (Å²) in [5.41, 5.74) is 1.48. The maximum atomic E-state index is 12.6. The third-order valence-electron chi connectivity index (χ3n) is 5.39. The number of hydrogen-bond acceptors (Lipinski definition) is 3. The number of aryl methyl sites for hydroxylation is 1. The van der Waals surface area contributed by atoms with E-state index in [9.17, 15) is 14.4 Å². The highest BCUT2D eigenvalue weighted by Crippen LogP contribution is 2.22. The number of amides is 2. The molecule has 0 spiro atoms. The van der Waals surface area contributed by atoms with E-state index in [1.54, 1.807) is 24.2 Å².